The van der Waals surface area contributed by atoms with E-state index in [0.29, 0.717) is 5.57 Å². The Morgan fingerprint density at radius 2 is 1.80 bits per heavy atom. The molecule has 164 valence electrons. The first-order chi connectivity index (χ1) is 14.1. The molecule has 3 saturated heterocycles. The number of allylic oxidation sites excluding steroid dienone is 3. The van der Waals surface area contributed by atoms with Crippen LogP contribution in [0.4, 0.5) is 0 Å². The molecule has 8 heteroatoms. The Hall–Kier alpha value is -2.19. The summed E-state index contributed by atoms with van der Waals surface area (Å²) in [7, 11) is 0. The van der Waals surface area contributed by atoms with Crippen molar-refractivity contribution in [2.75, 3.05) is 0 Å². The van der Waals surface area contributed by atoms with E-state index in [1.165, 1.54) is 25.8 Å². The molecule has 4 fully saturated rings. The third kappa shape index (κ3) is 4.03. The molecule has 4 rings (SSSR count). The Bertz CT molecular complexity index is 810. The van der Waals surface area contributed by atoms with Gasteiger partial charge in [-0.3, -0.25) is 9.59 Å². The molecule has 6 atom stereocenters. The summed E-state index contributed by atoms with van der Waals surface area (Å²) < 4.78 is 27.4. The molecule has 0 amide bonds. The summed E-state index contributed by atoms with van der Waals surface area (Å²) in [4.78, 5) is 35.6. The normalized spacial score (nSPS) is 39.5. The highest BCUT2D eigenvalue weighted by atomic mass is 16.8. The number of carbonyl (C=O) groups is 3. The van der Waals surface area contributed by atoms with E-state index in [-0.39, 0.29) is 5.41 Å². The maximum Gasteiger partial charge on any atom is 0.336 e. The Labute approximate surface area is 175 Å². The first kappa shape index (κ1) is 21.1. The van der Waals surface area contributed by atoms with Gasteiger partial charge in [-0.2, -0.15) is 0 Å². The van der Waals surface area contributed by atoms with Gasteiger partial charge in [-0.25, -0.2) is 4.79 Å². The van der Waals surface area contributed by atoms with Gasteiger partial charge in [0.05, 0.1) is 11.8 Å². The number of fused-ring (bicyclic) bond motifs is 3. The molecule has 4 aliphatic rings. The van der Waals surface area contributed by atoms with E-state index < -0.39 is 54.7 Å². The van der Waals surface area contributed by atoms with Crippen LogP contribution in [0.25, 0.3) is 0 Å². The highest BCUT2D eigenvalue weighted by Gasteiger charge is 2.64. The van der Waals surface area contributed by atoms with Gasteiger partial charge in [-0.05, 0) is 31.1 Å². The highest BCUT2D eigenvalue weighted by molar-refractivity contribution is 5.92. The van der Waals surface area contributed by atoms with Crippen molar-refractivity contribution in [1.82, 2.24) is 0 Å². The fourth-order valence-electron chi connectivity index (χ4n) is 4.99. The van der Waals surface area contributed by atoms with Crippen LogP contribution >= 0.6 is 0 Å². The first-order valence-corrected chi connectivity index (χ1v) is 10.4. The predicted octanol–water partition coefficient (Wildman–Crippen LogP) is 2.76. The fourth-order valence-corrected chi connectivity index (χ4v) is 4.99. The van der Waals surface area contributed by atoms with Crippen molar-refractivity contribution < 1.29 is 38.1 Å². The van der Waals surface area contributed by atoms with E-state index in [4.69, 9.17) is 23.7 Å². The lowest BCUT2D eigenvalue weighted by atomic mass is 9.75. The van der Waals surface area contributed by atoms with Gasteiger partial charge < -0.3 is 23.7 Å². The van der Waals surface area contributed by atoms with Crippen LogP contribution in [0.1, 0.15) is 53.4 Å². The Balaban J connectivity index is 1.61. The van der Waals surface area contributed by atoms with Gasteiger partial charge in [0.2, 0.25) is 12.6 Å². The van der Waals surface area contributed by atoms with E-state index in [1.54, 1.807) is 6.08 Å². The van der Waals surface area contributed by atoms with Crippen LogP contribution in [-0.2, 0) is 38.1 Å². The number of esters is 3. The summed E-state index contributed by atoms with van der Waals surface area (Å²) in [5.41, 5.74) is 2.01. The van der Waals surface area contributed by atoms with Gasteiger partial charge in [0.1, 0.15) is 0 Å². The van der Waals surface area contributed by atoms with Crippen LogP contribution in [0, 0.1) is 17.3 Å². The molecule has 1 saturated carbocycles. The summed E-state index contributed by atoms with van der Waals surface area (Å²) in [6.45, 7) is 7.01. The lowest BCUT2D eigenvalue weighted by Gasteiger charge is -2.31. The second-order valence-electron chi connectivity index (χ2n) is 9.21. The molecule has 3 aliphatic heterocycles. The molecule has 0 radical (unpaired) electrons. The summed E-state index contributed by atoms with van der Waals surface area (Å²) in [6.07, 6.45) is 4.53. The topological polar surface area (TPSA) is 97.4 Å². The molecule has 30 heavy (non-hydrogen) atoms. The molecule has 0 aromatic heterocycles. The smallest absolute Gasteiger partial charge is 0.336 e. The maximum absolute atomic E-state index is 12.5. The lowest BCUT2D eigenvalue weighted by molar-refractivity contribution is -0.244. The number of ether oxygens (including phenoxy) is 5. The third-order valence-corrected chi connectivity index (χ3v) is 6.16. The minimum absolute atomic E-state index is 0.250. The lowest BCUT2D eigenvalue weighted by Crippen LogP contribution is -2.38. The number of carbonyl (C=O) groups excluding carboxylic acids is 3. The van der Waals surface area contributed by atoms with Crippen molar-refractivity contribution in [3.8, 4) is 0 Å². The monoisotopic (exact) mass is 420 g/mol. The van der Waals surface area contributed by atoms with Crippen LogP contribution < -0.4 is 0 Å². The van der Waals surface area contributed by atoms with Crippen molar-refractivity contribution in [3.05, 3.63) is 23.3 Å². The van der Waals surface area contributed by atoms with Crippen molar-refractivity contribution in [2.24, 2.45) is 17.3 Å². The first-order valence-electron chi connectivity index (χ1n) is 10.4. The highest BCUT2D eigenvalue weighted by Crippen LogP contribution is 2.51. The predicted molar refractivity (Wildman–Crippen MR) is 102 cm³/mol. The number of hydrogen-bond acceptors (Lipinski definition) is 8. The fraction of sp³-hybridized carbons (Fsp3) is 0.682. The summed E-state index contributed by atoms with van der Waals surface area (Å²) in [6, 6.07) is 0. The van der Waals surface area contributed by atoms with Gasteiger partial charge in [-0.1, -0.05) is 31.6 Å². The average Bonchev–Trinajstić information content (AvgIpc) is 3.20. The number of hydrogen-bond donors (Lipinski definition) is 0. The van der Waals surface area contributed by atoms with Gasteiger partial charge in [-0.15, -0.1) is 0 Å². The zero-order valence-electron chi connectivity index (χ0n) is 17.7. The van der Waals surface area contributed by atoms with E-state index >= 15 is 0 Å². The summed E-state index contributed by atoms with van der Waals surface area (Å²) in [5, 5.41) is 0. The van der Waals surface area contributed by atoms with E-state index in [1.807, 2.05) is 6.08 Å². The Morgan fingerprint density at radius 3 is 2.47 bits per heavy atom. The van der Waals surface area contributed by atoms with Crippen LogP contribution in [0.2, 0.25) is 0 Å². The molecule has 0 aromatic carbocycles. The SMILES string of the molecule is CC(=O)O[C@@H]1O[C@@H]2O[C@@H]3OC(=O)/C(=C\C=C4/CCCC(C)(C)C4)[C@@H]3[C@@H]2[C@H]1OC(C)=O. The van der Waals surface area contributed by atoms with Crippen LogP contribution in [0.3, 0.4) is 0 Å². The largest absolute Gasteiger partial charge is 0.455 e. The van der Waals surface area contributed by atoms with E-state index in [0.717, 1.165) is 19.3 Å². The molecule has 0 spiro atoms. The second kappa shape index (κ2) is 7.81. The average molecular weight is 420 g/mol. The molecule has 8 nitrogen and oxygen atoms in total. The van der Waals surface area contributed by atoms with Crippen LogP contribution in [-0.4, -0.2) is 42.9 Å². The standard InChI is InChI=1S/C22H28O8/c1-11(23)26-17-16-15-14(8-7-13-6-5-9-22(3,4)10-13)18(25)28-19(15)29-20(16)30-21(17)27-12(2)24/h7-8,15-17,19-21H,5-6,9-10H2,1-4H3/b13-7+,14-8-/t15-,16-,17-,19+,20+,21-/m1/s1. The maximum atomic E-state index is 12.5. The van der Waals surface area contributed by atoms with E-state index in [9.17, 15) is 14.4 Å². The van der Waals surface area contributed by atoms with Crippen molar-refractivity contribution >= 4 is 17.9 Å². The van der Waals surface area contributed by atoms with Crippen molar-refractivity contribution in [3.63, 3.8) is 0 Å². The Kier molecular flexibility index (Phi) is 5.48. The minimum Gasteiger partial charge on any atom is -0.455 e. The number of rotatable bonds is 3. The van der Waals surface area contributed by atoms with Crippen LogP contribution in [0.5, 0.6) is 0 Å². The van der Waals surface area contributed by atoms with Crippen molar-refractivity contribution in [2.45, 2.75) is 78.4 Å². The molecular weight excluding hydrogens is 392 g/mol. The van der Waals surface area contributed by atoms with E-state index in [2.05, 4.69) is 13.8 Å². The van der Waals surface area contributed by atoms with Gasteiger partial charge in [0.15, 0.2) is 12.4 Å². The molecule has 1 aliphatic carbocycles. The molecule has 3 heterocycles. The second-order valence-corrected chi connectivity index (χ2v) is 9.21. The Morgan fingerprint density at radius 1 is 1.07 bits per heavy atom. The zero-order chi connectivity index (χ0) is 21.6. The molecule has 0 bridgehead atoms. The quantitative estimate of drug-likeness (QED) is 0.391. The van der Waals surface area contributed by atoms with Crippen LogP contribution in [0.15, 0.2) is 23.3 Å². The summed E-state index contributed by atoms with van der Waals surface area (Å²) in [5.74, 6) is -2.53. The third-order valence-electron chi connectivity index (χ3n) is 6.16. The molecule has 0 N–H and O–H groups in total. The minimum atomic E-state index is -1.09. The van der Waals surface area contributed by atoms with Gasteiger partial charge in [0, 0.05) is 19.4 Å². The summed E-state index contributed by atoms with van der Waals surface area (Å²) >= 11 is 0. The van der Waals surface area contributed by atoms with Crippen molar-refractivity contribution in [1.29, 1.82) is 0 Å². The molecule has 0 unspecified atom stereocenters. The van der Waals surface area contributed by atoms with Gasteiger partial charge >= 0.3 is 17.9 Å². The molecular formula is C22H28O8. The van der Waals surface area contributed by atoms with Gasteiger partial charge in [0.25, 0.3) is 0 Å². The zero-order valence-corrected chi connectivity index (χ0v) is 17.7. The molecule has 0 aromatic rings.